The van der Waals surface area contributed by atoms with E-state index < -0.39 is 29.1 Å². The molecular formula is C25H26F3N3O3. The summed E-state index contributed by atoms with van der Waals surface area (Å²) in [5.74, 6) is -4.09. The van der Waals surface area contributed by atoms with Crippen LogP contribution in [0.3, 0.4) is 0 Å². The van der Waals surface area contributed by atoms with Crippen LogP contribution in [0.4, 0.5) is 23.7 Å². The van der Waals surface area contributed by atoms with Crippen LogP contribution in [0.25, 0.3) is 5.57 Å². The van der Waals surface area contributed by atoms with Gasteiger partial charge in [-0.05, 0) is 55.2 Å². The van der Waals surface area contributed by atoms with Gasteiger partial charge in [-0.3, -0.25) is 4.79 Å². The van der Waals surface area contributed by atoms with E-state index >= 15 is 0 Å². The van der Waals surface area contributed by atoms with Gasteiger partial charge in [-0.2, -0.15) is 0 Å². The molecule has 2 aliphatic rings. The lowest BCUT2D eigenvalue weighted by molar-refractivity contribution is -0.150. The van der Waals surface area contributed by atoms with Gasteiger partial charge in [0.15, 0.2) is 17.5 Å². The van der Waals surface area contributed by atoms with Gasteiger partial charge in [-0.25, -0.2) is 18.0 Å². The van der Waals surface area contributed by atoms with Crippen molar-refractivity contribution >= 4 is 23.2 Å². The van der Waals surface area contributed by atoms with Crippen LogP contribution in [0, 0.1) is 17.5 Å². The van der Waals surface area contributed by atoms with E-state index in [1.54, 1.807) is 30.9 Å². The Balaban J connectivity index is 1.37. The molecule has 0 fully saturated rings. The van der Waals surface area contributed by atoms with Gasteiger partial charge in [0.2, 0.25) is 0 Å². The number of fused-ring (bicyclic) bond motifs is 1. The molecule has 0 radical (unpaired) electrons. The molecular weight excluding hydrogens is 447 g/mol. The maximum atomic E-state index is 14.0. The summed E-state index contributed by atoms with van der Waals surface area (Å²) < 4.78 is 46.2. The Labute approximate surface area is 196 Å². The number of benzene rings is 2. The van der Waals surface area contributed by atoms with Crippen LogP contribution in [0.15, 0.2) is 36.4 Å². The molecule has 0 saturated carbocycles. The first-order chi connectivity index (χ1) is 16.1. The maximum Gasteiger partial charge on any atom is 0.322 e. The number of anilines is 1. The molecule has 0 bridgehead atoms. The Morgan fingerprint density at radius 2 is 1.74 bits per heavy atom. The summed E-state index contributed by atoms with van der Waals surface area (Å²) in [6.07, 6.45) is 2.71. The molecule has 34 heavy (non-hydrogen) atoms. The topological polar surface area (TPSA) is 61.9 Å². The third-order valence-electron chi connectivity index (χ3n) is 6.38. The fraction of sp³-hybridized carbons (Fsp3) is 0.360. The molecule has 0 atom stereocenters. The Hall–Kier alpha value is -3.33. The fourth-order valence-corrected chi connectivity index (χ4v) is 4.14. The van der Waals surface area contributed by atoms with Crippen molar-refractivity contribution in [2.45, 2.75) is 39.0 Å². The number of nitrogens with zero attached hydrogens (tertiary/aromatic N) is 2. The highest BCUT2D eigenvalue weighted by molar-refractivity contribution is 5.90. The first kappa shape index (κ1) is 23.8. The summed E-state index contributed by atoms with van der Waals surface area (Å²) in [5, 5.41) is 2.73. The van der Waals surface area contributed by atoms with Gasteiger partial charge in [0.25, 0.3) is 5.91 Å². The summed E-state index contributed by atoms with van der Waals surface area (Å²) in [6, 6.07) is 7.70. The molecule has 4 rings (SSSR count). The second-order valence-corrected chi connectivity index (χ2v) is 8.93. The molecule has 2 aromatic carbocycles. The van der Waals surface area contributed by atoms with Crippen LogP contribution in [-0.2, 0) is 22.6 Å². The number of amides is 3. The Bertz CT molecular complexity index is 1160. The van der Waals surface area contributed by atoms with Crippen molar-refractivity contribution in [3.63, 3.8) is 0 Å². The molecule has 0 aliphatic carbocycles. The number of hydrogen-bond acceptors (Lipinski definition) is 3. The van der Waals surface area contributed by atoms with Crippen LogP contribution in [-0.4, -0.2) is 47.5 Å². The van der Waals surface area contributed by atoms with Crippen LogP contribution in [0.5, 0.6) is 0 Å². The van der Waals surface area contributed by atoms with Gasteiger partial charge in [0.1, 0.15) is 5.60 Å². The normalized spacial score (nSPS) is 15.8. The Kier molecular flexibility index (Phi) is 6.40. The number of nitrogens with one attached hydrogen (secondary N) is 1. The first-order valence-electron chi connectivity index (χ1n) is 11.0. The van der Waals surface area contributed by atoms with Crippen LogP contribution >= 0.6 is 0 Å². The predicted molar refractivity (Wildman–Crippen MR) is 121 cm³/mol. The number of halogens is 3. The van der Waals surface area contributed by atoms with Gasteiger partial charge in [-0.15, -0.1) is 0 Å². The number of methoxy groups -OCH3 is 1. The second kappa shape index (κ2) is 9.13. The minimum Gasteiger partial charge on any atom is -0.369 e. The van der Waals surface area contributed by atoms with Gasteiger partial charge in [0.05, 0.1) is 6.54 Å². The average molecular weight is 473 g/mol. The van der Waals surface area contributed by atoms with E-state index in [0.29, 0.717) is 25.2 Å². The van der Waals surface area contributed by atoms with Crippen molar-refractivity contribution in [1.82, 2.24) is 9.80 Å². The van der Waals surface area contributed by atoms with Gasteiger partial charge in [0, 0.05) is 38.0 Å². The van der Waals surface area contributed by atoms with E-state index in [9.17, 15) is 22.8 Å². The molecule has 0 saturated heterocycles. The second-order valence-electron chi connectivity index (χ2n) is 8.93. The quantitative estimate of drug-likeness (QED) is 0.656. The molecule has 2 aromatic rings. The number of carbonyl (C=O) groups excluding carboxylic acids is 2. The van der Waals surface area contributed by atoms with Crippen molar-refractivity contribution in [3.8, 4) is 0 Å². The highest BCUT2D eigenvalue weighted by Crippen LogP contribution is 2.30. The molecule has 2 aliphatic heterocycles. The summed E-state index contributed by atoms with van der Waals surface area (Å²) in [7, 11) is 1.52. The average Bonchev–Trinajstić information content (AvgIpc) is 3.27. The summed E-state index contributed by atoms with van der Waals surface area (Å²) >= 11 is 0. The minimum atomic E-state index is -1.52. The first-order valence-corrected chi connectivity index (χ1v) is 11.0. The molecule has 0 unspecified atom stereocenters. The highest BCUT2D eigenvalue weighted by atomic mass is 19.2. The molecule has 0 spiro atoms. The molecule has 180 valence electrons. The van der Waals surface area contributed by atoms with Crippen LogP contribution < -0.4 is 5.32 Å². The van der Waals surface area contributed by atoms with Crippen molar-refractivity contribution in [3.05, 3.63) is 70.5 Å². The smallest absolute Gasteiger partial charge is 0.322 e. The summed E-state index contributed by atoms with van der Waals surface area (Å²) in [4.78, 5) is 28.2. The summed E-state index contributed by atoms with van der Waals surface area (Å²) in [6.45, 7) is 4.43. The number of rotatable bonds is 4. The van der Waals surface area contributed by atoms with E-state index in [2.05, 4.69) is 5.32 Å². The summed E-state index contributed by atoms with van der Waals surface area (Å²) in [5.41, 5.74) is 2.01. The minimum absolute atomic E-state index is 0.00459. The number of carbonyl (C=O) groups is 2. The third-order valence-corrected chi connectivity index (χ3v) is 6.38. The zero-order valence-electron chi connectivity index (χ0n) is 19.3. The number of urea groups is 1. The zero-order chi connectivity index (χ0) is 24.6. The van der Waals surface area contributed by atoms with Crippen molar-refractivity contribution in [2.24, 2.45) is 0 Å². The van der Waals surface area contributed by atoms with Crippen LogP contribution in [0.2, 0.25) is 0 Å². The van der Waals surface area contributed by atoms with Gasteiger partial charge >= 0.3 is 6.03 Å². The number of ether oxygens (including phenoxy) is 1. The van der Waals surface area contributed by atoms with E-state index in [4.69, 9.17) is 4.74 Å². The van der Waals surface area contributed by atoms with Crippen molar-refractivity contribution in [2.75, 3.05) is 25.5 Å². The van der Waals surface area contributed by atoms with E-state index in [1.165, 1.54) is 12.0 Å². The molecule has 2 heterocycles. The van der Waals surface area contributed by atoms with Gasteiger partial charge in [-0.1, -0.05) is 18.2 Å². The largest absolute Gasteiger partial charge is 0.369 e. The lowest BCUT2D eigenvalue weighted by atomic mass is 9.98. The van der Waals surface area contributed by atoms with Crippen molar-refractivity contribution in [1.29, 1.82) is 0 Å². The van der Waals surface area contributed by atoms with Crippen LogP contribution in [0.1, 0.15) is 37.0 Å². The molecule has 9 heteroatoms. The molecule has 1 N–H and O–H groups in total. The van der Waals surface area contributed by atoms with E-state index in [0.717, 1.165) is 17.2 Å². The standard InChI is InChI=1S/C25H26F3N3O3/c1-25(2,34-3)23(32)30-10-8-16(9-11-30)15-4-6-18(7-5-15)29-24(33)31-13-17-12-20(26)22(28)21(27)19(17)14-31/h4-8,12H,9-11,13-14H2,1-3H3,(H,29,33). The Morgan fingerprint density at radius 3 is 2.35 bits per heavy atom. The van der Waals surface area contributed by atoms with E-state index in [-0.39, 0.29) is 30.1 Å². The van der Waals surface area contributed by atoms with Gasteiger partial charge < -0.3 is 19.9 Å². The number of hydrogen-bond donors (Lipinski definition) is 1. The SMILES string of the molecule is COC(C)(C)C(=O)N1CC=C(c2ccc(NC(=O)N3Cc4cc(F)c(F)c(F)c4C3)cc2)CC1. The molecule has 0 aromatic heterocycles. The Morgan fingerprint density at radius 1 is 1.03 bits per heavy atom. The third kappa shape index (κ3) is 4.52. The maximum absolute atomic E-state index is 14.0. The van der Waals surface area contributed by atoms with Crippen molar-refractivity contribution < 1.29 is 27.5 Å². The lowest BCUT2D eigenvalue weighted by Gasteiger charge is -2.33. The molecule has 6 nitrogen and oxygen atoms in total. The molecule has 3 amide bonds. The highest BCUT2D eigenvalue weighted by Gasteiger charge is 2.33. The zero-order valence-corrected chi connectivity index (χ0v) is 19.3. The monoisotopic (exact) mass is 473 g/mol. The van der Waals surface area contributed by atoms with E-state index in [1.807, 2.05) is 18.2 Å². The fourth-order valence-electron chi connectivity index (χ4n) is 4.14. The predicted octanol–water partition coefficient (Wildman–Crippen LogP) is 4.69. The lowest BCUT2D eigenvalue weighted by Crippen LogP contribution is -2.47.